The second-order valence-electron chi connectivity index (χ2n) is 7.09. The Balaban J connectivity index is 0.00000320. The number of benzene rings is 1. The van der Waals surface area contributed by atoms with E-state index >= 15 is 0 Å². The number of aliphatic imine (C=N–C) groups is 1. The Bertz CT molecular complexity index is 838. The van der Waals surface area contributed by atoms with Crippen LogP contribution in [-0.4, -0.2) is 59.0 Å². The van der Waals surface area contributed by atoms with Crippen LogP contribution in [0.2, 0.25) is 0 Å². The van der Waals surface area contributed by atoms with Crippen LogP contribution in [0.15, 0.2) is 41.7 Å². The van der Waals surface area contributed by atoms with Gasteiger partial charge in [-0.1, -0.05) is 0 Å². The van der Waals surface area contributed by atoms with Crippen molar-refractivity contribution in [3.63, 3.8) is 0 Å². The third-order valence-electron chi connectivity index (χ3n) is 4.69. The van der Waals surface area contributed by atoms with Gasteiger partial charge in [0.1, 0.15) is 12.3 Å². The van der Waals surface area contributed by atoms with E-state index in [4.69, 9.17) is 0 Å². The molecule has 1 aromatic carbocycles. The number of nitrogens with one attached hydrogen (secondary N) is 3. The summed E-state index contributed by atoms with van der Waals surface area (Å²) in [6.45, 7) is 4.58. The normalized spacial score (nSPS) is 16.5. The second-order valence-corrected chi connectivity index (χ2v) is 7.09. The third-order valence-corrected chi connectivity index (χ3v) is 4.69. The largest absolute Gasteiger partial charge is 0.508 e. The summed E-state index contributed by atoms with van der Waals surface area (Å²) in [5.41, 5.74) is 1.74. The Kier molecular flexibility index (Phi) is 9.21. The van der Waals surface area contributed by atoms with Crippen LogP contribution in [0, 0.1) is 0 Å². The van der Waals surface area contributed by atoms with Crippen molar-refractivity contribution in [2.75, 3.05) is 36.4 Å². The molecule has 4 N–H and O–H groups in total. The third kappa shape index (κ3) is 7.08. The van der Waals surface area contributed by atoms with Gasteiger partial charge in [0.05, 0.1) is 11.9 Å². The number of anilines is 2. The zero-order valence-corrected chi connectivity index (χ0v) is 19.7. The van der Waals surface area contributed by atoms with E-state index in [0.717, 1.165) is 31.6 Å². The zero-order chi connectivity index (χ0) is 20.6. The van der Waals surface area contributed by atoms with E-state index in [9.17, 15) is 9.90 Å². The predicted octanol–water partition coefficient (Wildman–Crippen LogP) is 1.91. The molecule has 0 spiro atoms. The molecule has 1 aliphatic heterocycles. The molecule has 9 nitrogen and oxygen atoms in total. The number of hydrogen-bond donors (Lipinski definition) is 4. The van der Waals surface area contributed by atoms with Crippen LogP contribution in [0.25, 0.3) is 0 Å². The van der Waals surface area contributed by atoms with Gasteiger partial charge in [0, 0.05) is 44.6 Å². The van der Waals surface area contributed by atoms with Gasteiger partial charge in [-0.3, -0.25) is 9.48 Å². The molecule has 1 aliphatic rings. The average molecular weight is 527 g/mol. The molecule has 1 unspecified atom stereocenters. The molecule has 10 heteroatoms. The zero-order valence-electron chi connectivity index (χ0n) is 17.3. The number of carbonyl (C=O) groups excluding carboxylic acids is 1. The molecule has 0 bridgehead atoms. The van der Waals surface area contributed by atoms with E-state index in [1.807, 2.05) is 31.0 Å². The number of rotatable bonds is 6. The number of amides is 1. The van der Waals surface area contributed by atoms with Crippen molar-refractivity contribution in [1.82, 2.24) is 20.4 Å². The molecule has 30 heavy (non-hydrogen) atoms. The molecule has 0 radical (unpaired) electrons. The van der Waals surface area contributed by atoms with E-state index < -0.39 is 0 Å². The number of hydrogen-bond acceptors (Lipinski definition) is 5. The summed E-state index contributed by atoms with van der Waals surface area (Å²) in [6, 6.07) is 6.59. The Labute approximate surface area is 194 Å². The lowest BCUT2D eigenvalue weighted by Crippen LogP contribution is -2.51. The van der Waals surface area contributed by atoms with Crippen LogP contribution in [0.3, 0.4) is 0 Å². The number of phenolic OH excluding ortho intramolecular Hbond substituents is 1. The van der Waals surface area contributed by atoms with E-state index in [2.05, 4.69) is 30.9 Å². The van der Waals surface area contributed by atoms with Gasteiger partial charge in [-0.05, 0) is 44.0 Å². The molecule has 1 amide bonds. The summed E-state index contributed by atoms with van der Waals surface area (Å²) >= 11 is 0. The molecule has 0 saturated carbocycles. The summed E-state index contributed by atoms with van der Waals surface area (Å²) in [7, 11) is 1.92. The van der Waals surface area contributed by atoms with Crippen LogP contribution in [0.4, 0.5) is 11.4 Å². The Morgan fingerprint density at radius 3 is 2.77 bits per heavy atom. The minimum atomic E-state index is -0.214. The molecule has 164 valence electrons. The number of phenols is 1. The highest BCUT2D eigenvalue weighted by Gasteiger charge is 2.21. The smallest absolute Gasteiger partial charge is 0.246 e. The molecule has 1 aromatic heterocycles. The van der Waals surface area contributed by atoms with Gasteiger partial charge in [0.2, 0.25) is 5.91 Å². The number of guanidine groups is 1. The maximum absolute atomic E-state index is 12.2. The summed E-state index contributed by atoms with van der Waals surface area (Å²) in [6.07, 6.45) is 6.03. The Morgan fingerprint density at radius 2 is 2.10 bits per heavy atom. The van der Waals surface area contributed by atoms with Gasteiger partial charge in [0.15, 0.2) is 5.96 Å². The highest BCUT2D eigenvalue weighted by atomic mass is 127. The van der Waals surface area contributed by atoms with E-state index in [0.29, 0.717) is 18.2 Å². The van der Waals surface area contributed by atoms with Crippen LogP contribution in [-0.2, 0) is 11.8 Å². The van der Waals surface area contributed by atoms with Gasteiger partial charge in [-0.25, -0.2) is 4.99 Å². The quantitative estimate of drug-likeness (QED) is 0.198. The second kappa shape index (κ2) is 11.6. The Morgan fingerprint density at radius 1 is 1.33 bits per heavy atom. The van der Waals surface area contributed by atoms with Crippen molar-refractivity contribution in [3.05, 3.63) is 36.7 Å². The topological polar surface area (TPSA) is 107 Å². The van der Waals surface area contributed by atoms with Crippen LogP contribution in [0.5, 0.6) is 5.75 Å². The standard InChI is InChI=1S/C20H29N7O2.HI/c1-3-21-20(22-12-19(29)24-15-6-8-18(28)9-7-15)25-16-5-4-10-27(13-16)17-11-23-26(2)14-17;/h6-9,11,14,16,28H,3-5,10,12-13H2,1-2H3,(H,24,29)(H2,21,22,25);1H. The molecular formula is C20H30IN7O2. The maximum atomic E-state index is 12.2. The Hall–Kier alpha value is -2.50. The fourth-order valence-electron chi connectivity index (χ4n) is 3.31. The molecule has 1 atom stereocenters. The van der Waals surface area contributed by atoms with Crippen LogP contribution < -0.4 is 20.9 Å². The summed E-state index contributed by atoms with van der Waals surface area (Å²) in [5.74, 6) is 0.576. The van der Waals surface area contributed by atoms with E-state index in [-0.39, 0.29) is 48.2 Å². The number of halogens is 1. The van der Waals surface area contributed by atoms with Crippen LogP contribution >= 0.6 is 24.0 Å². The number of carbonyl (C=O) groups is 1. The van der Waals surface area contributed by atoms with Crippen molar-refractivity contribution in [2.24, 2.45) is 12.0 Å². The summed E-state index contributed by atoms with van der Waals surface area (Å²) < 4.78 is 1.81. The lowest BCUT2D eigenvalue weighted by molar-refractivity contribution is -0.114. The number of piperidine rings is 1. The maximum Gasteiger partial charge on any atom is 0.246 e. The van der Waals surface area contributed by atoms with Crippen molar-refractivity contribution >= 4 is 47.2 Å². The van der Waals surface area contributed by atoms with Gasteiger partial charge in [-0.2, -0.15) is 5.10 Å². The number of nitrogens with zero attached hydrogens (tertiary/aromatic N) is 4. The number of aromatic nitrogens is 2. The lowest BCUT2D eigenvalue weighted by Gasteiger charge is -2.34. The molecule has 0 aliphatic carbocycles. The highest BCUT2D eigenvalue weighted by molar-refractivity contribution is 14.0. The van der Waals surface area contributed by atoms with E-state index in [1.54, 1.807) is 12.1 Å². The molecule has 1 saturated heterocycles. The number of aryl methyl sites for hydroxylation is 1. The van der Waals surface area contributed by atoms with Crippen molar-refractivity contribution < 1.29 is 9.90 Å². The minimum absolute atomic E-state index is 0. The van der Waals surface area contributed by atoms with Crippen LogP contribution in [0.1, 0.15) is 19.8 Å². The lowest BCUT2D eigenvalue weighted by atomic mass is 10.1. The molecule has 3 rings (SSSR count). The fraction of sp³-hybridized carbons (Fsp3) is 0.450. The van der Waals surface area contributed by atoms with E-state index in [1.165, 1.54) is 12.1 Å². The van der Waals surface area contributed by atoms with Crippen molar-refractivity contribution in [2.45, 2.75) is 25.8 Å². The monoisotopic (exact) mass is 527 g/mol. The predicted molar refractivity (Wildman–Crippen MR) is 130 cm³/mol. The summed E-state index contributed by atoms with van der Waals surface area (Å²) in [4.78, 5) is 18.9. The van der Waals surface area contributed by atoms with Gasteiger partial charge in [0.25, 0.3) is 0 Å². The van der Waals surface area contributed by atoms with Crippen molar-refractivity contribution in [3.8, 4) is 5.75 Å². The van der Waals surface area contributed by atoms with Crippen molar-refractivity contribution in [1.29, 1.82) is 0 Å². The SMILES string of the molecule is CCNC(=NCC(=O)Nc1ccc(O)cc1)NC1CCCN(c2cnn(C)c2)C1.I. The molecule has 2 heterocycles. The van der Waals surface area contributed by atoms with Gasteiger partial charge < -0.3 is 26.0 Å². The fourth-order valence-corrected chi connectivity index (χ4v) is 3.31. The highest BCUT2D eigenvalue weighted by Crippen LogP contribution is 2.19. The first-order chi connectivity index (χ1) is 14.0. The van der Waals surface area contributed by atoms with Gasteiger partial charge in [-0.15, -0.1) is 24.0 Å². The minimum Gasteiger partial charge on any atom is -0.508 e. The first-order valence-corrected chi connectivity index (χ1v) is 9.91. The number of aromatic hydroxyl groups is 1. The average Bonchev–Trinajstić information content (AvgIpc) is 3.15. The first kappa shape index (κ1) is 23.8. The molecule has 1 fully saturated rings. The first-order valence-electron chi connectivity index (χ1n) is 9.91. The van der Waals surface area contributed by atoms with Gasteiger partial charge >= 0.3 is 0 Å². The molecule has 2 aromatic rings. The molecular weight excluding hydrogens is 497 g/mol. The summed E-state index contributed by atoms with van der Waals surface area (Å²) in [5, 5.41) is 23.0.